The Labute approximate surface area is 54.2 Å². The number of hydrogen-bond donors (Lipinski definition) is 0. The third kappa shape index (κ3) is 3.08. The quantitative estimate of drug-likeness (QED) is 0.452. The van der Waals surface area contributed by atoms with E-state index in [9.17, 15) is 0 Å². The SMILES string of the molecule is C1COCCO1.[Ge]. The van der Waals surface area contributed by atoms with E-state index in [4.69, 9.17) is 9.47 Å². The first-order chi connectivity index (χ1) is 3.00. The van der Waals surface area contributed by atoms with Gasteiger partial charge in [-0.05, 0) is 0 Å². The number of rotatable bonds is 0. The van der Waals surface area contributed by atoms with Crippen LogP contribution in [0.2, 0.25) is 0 Å². The van der Waals surface area contributed by atoms with Crippen LogP contribution in [-0.4, -0.2) is 44.0 Å². The topological polar surface area (TPSA) is 18.5 Å². The Morgan fingerprint density at radius 2 is 1.00 bits per heavy atom. The standard InChI is InChI=1S/C4H8O2.Ge/c1-2-6-4-3-5-1;/h1-4H2;. The minimum atomic E-state index is 0. The van der Waals surface area contributed by atoms with Gasteiger partial charge in [0.25, 0.3) is 0 Å². The van der Waals surface area contributed by atoms with Crippen LogP contribution < -0.4 is 0 Å². The summed E-state index contributed by atoms with van der Waals surface area (Å²) in [5.41, 5.74) is 0. The summed E-state index contributed by atoms with van der Waals surface area (Å²) < 4.78 is 9.89. The van der Waals surface area contributed by atoms with E-state index in [-0.39, 0.29) is 17.6 Å². The third-order valence-electron chi connectivity index (χ3n) is 0.744. The molecule has 1 fully saturated rings. The van der Waals surface area contributed by atoms with Crippen LogP contribution in [0.1, 0.15) is 0 Å². The van der Waals surface area contributed by atoms with Gasteiger partial charge in [-0.15, -0.1) is 0 Å². The number of ether oxygens (including phenoxy) is 2. The van der Waals surface area contributed by atoms with E-state index in [0.29, 0.717) is 0 Å². The van der Waals surface area contributed by atoms with Gasteiger partial charge in [-0.3, -0.25) is 0 Å². The molecule has 0 atom stereocenters. The molecule has 3 heteroatoms. The molecule has 1 rings (SSSR count). The zero-order valence-corrected chi connectivity index (χ0v) is 6.24. The molecule has 4 radical (unpaired) electrons. The van der Waals surface area contributed by atoms with Gasteiger partial charge in [0.15, 0.2) is 0 Å². The Morgan fingerprint density at radius 3 is 1.14 bits per heavy atom. The predicted molar refractivity (Wildman–Crippen MR) is 27.4 cm³/mol. The molecule has 40 valence electrons. The summed E-state index contributed by atoms with van der Waals surface area (Å²) in [6.07, 6.45) is 0. The summed E-state index contributed by atoms with van der Waals surface area (Å²) in [4.78, 5) is 0. The molecule has 1 saturated heterocycles. The fourth-order valence-corrected chi connectivity index (χ4v) is 0.440. The molecule has 0 spiro atoms. The van der Waals surface area contributed by atoms with Gasteiger partial charge >= 0.3 is 0 Å². The normalized spacial score (nSPS) is 20.6. The van der Waals surface area contributed by atoms with Crippen molar-refractivity contribution >= 4 is 17.6 Å². The Bertz CT molecular complexity index is 25.2. The minimum Gasteiger partial charge on any atom is -0.377 e. The summed E-state index contributed by atoms with van der Waals surface area (Å²) in [6, 6.07) is 0. The molecular formula is C4H8GeO2. The van der Waals surface area contributed by atoms with Gasteiger partial charge in [0, 0.05) is 17.6 Å². The van der Waals surface area contributed by atoms with Crippen LogP contribution in [0.25, 0.3) is 0 Å². The molecule has 0 amide bonds. The second-order valence-corrected chi connectivity index (χ2v) is 1.22. The fourth-order valence-electron chi connectivity index (χ4n) is 0.440. The zero-order chi connectivity index (χ0) is 4.24. The van der Waals surface area contributed by atoms with Crippen molar-refractivity contribution in [3.05, 3.63) is 0 Å². The minimum absolute atomic E-state index is 0. The van der Waals surface area contributed by atoms with Gasteiger partial charge in [-0.2, -0.15) is 0 Å². The molecule has 0 saturated carbocycles. The van der Waals surface area contributed by atoms with Crippen molar-refractivity contribution in [1.82, 2.24) is 0 Å². The second kappa shape index (κ2) is 4.62. The monoisotopic (exact) mass is 162 g/mol. The summed E-state index contributed by atoms with van der Waals surface area (Å²) in [5, 5.41) is 0. The van der Waals surface area contributed by atoms with E-state index < -0.39 is 0 Å². The fraction of sp³-hybridized carbons (Fsp3) is 1.00. The summed E-state index contributed by atoms with van der Waals surface area (Å²) in [7, 11) is 0. The van der Waals surface area contributed by atoms with Crippen LogP contribution in [0.3, 0.4) is 0 Å². The van der Waals surface area contributed by atoms with Gasteiger partial charge in [0.05, 0.1) is 26.4 Å². The Kier molecular flexibility index (Phi) is 4.92. The first kappa shape index (κ1) is 7.46. The summed E-state index contributed by atoms with van der Waals surface area (Å²) >= 11 is 0. The van der Waals surface area contributed by atoms with E-state index in [2.05, 4.69) is 0 Å². The van der Waals surface area contributed by atoms with E-state index in [1.165, 1.54) is 0 Å². The van der Waals surface area contributed by atoms with E-state index in [1.54, 1.807) is 0 Å². The van der Waals surface area contributed by atoms with E-state index in [1.807, 2.05) is 0 Å². The molecule has 0 aromatic rings. The zero-order valence-electron chi connectivity index (χ0n) is 4.14. The molecule has 1 heterocycles. The number of hydrogen-bond acceptors (Lipinski definition) is 2. The van der Waals surface area contributed by atoms with Gasteiger partial charge < -0.3 is 9.47 Å². The van der Waals surface area contributed by atoms with Gasteiger partial charge in [0.1, 0.15) is 0 Å². The molecule has 0 aromatic carbocycles. The first-order valence-corrected chi connectivity index (χ1v) is 2.15. The maximum atomic E-state index is 4.94. The Morgan fingerprint density at radius 1 is 0.714 bits per heavy atom. The Balaban J connectivity index is 0.000000360. The molecular weight excluding hydrogens is 153 g/mol. The van der Waals surface area contributed by atoms with Crippen molar-refractivity contribution in [2.24, 2.45) is 0 Å². The molecule has 0 bridgehead atoms. The summed E-state index contributed by atoms with van der Waals surface area (Å²) in [6.45, 7) is 3.11. The third-order valence-corrected chi connectivity index (χ3v) is 0.744. The first-order valence-electron chi connectivity index (χ1n) is 2.15. The van der Waals surface area contributed by atoms with Crippen LogP contribution >= 0.6 is 0 Å². The molecule has 1 aliphatic rings. The maximum Gasteiger partial charge on any atom is 0.0701 e. The largest absolute Gasteiger partial charge is 0.377 e. The maximum absolute atomic E-state index is 4.94. The van der Waals surface area contributed by atoms with Crippen LogP contribution in [0.5, 0.6) is 0 Å². The molecule has 0 N–H and O–H groups in total. The Hall–Kier alpha value is 0.463. The van der Waals surface area contributed by atoms with Gasteiger partial charge in [-0.1, -0.05) is 0 Å². The molecule has 0 aliphatic carbocycles. The smallest absolute Gasteiger partial charge is 0.0701 e. The van der Waals surface area contributed by atoms with Crippen molar-refractivity contribution in [3.63, 3.8) is 0 Å². The molecule has 0 aromatic heterocycles. The van der Waals surface area contributed by atoms with Crippen LogP contribution in [-0.2, 0) is 9.47 Å². The van der Waals surface area contributed by atoms with Crippen molar-refractivity contribution in [1.29, 1.82) is 0 Å². The summed E-state index contributed by atoms with van der Waals surface area (Å²) in [5.74, 6) is 0. The predicted octanol–water partition coefficient (Wildman–Crippen LogP) is -0.348. The van der Waals surface area contributed by atoms with Crippen LogP contribution in [0, 0.1) is 0 Å². The average Bonchev–Trinajstić information content (AvgIpc) is 1.72. The van der Waals surface area contributed by atoms with Gasteiger partial charge in [0.2, 0.25) is 0 Å². The van der Waals surface area contributed by atoms with E-state index in [0.717, 1.165) is 26.4 Å². The molecule has 0 unspecified atom stereocenters. The second-order valence-electron chi connectivity index (χ2n) is 1.22. The van der Waals surface area contributed by atoms with Crippen molar-refractivity contribution in [2.75, 3.05) is 26.4 Å². The van der Waals surface area contributed by atoms with Crippen molar-refractivity contribution < 1.29 is 9.47 Å². The van der Waals surface area contributed by atoms with Gasteiger partial charge in [-0.25, -0.2) is 0 Å². The van der Waals surface area contributed by atoms with Crippen molar-refractivity contribution in [2.45, 2.75) is 0 Å². The van der Waals surface area contributed by atoms with Crippen molar-refractivity contribution in [3.8, 4) is 0 Å². The van der Waals surface area contributed by atoms with Crippen LogP contribution in [0.4, 0.5) is 0 Å². The van der Waals surface area contributed by atoms with E-state index >= 15 is 0 Å². The molecule has 2 nitrogen and oxygen atoms in total. The average molecular weight is 161 g/mol. The van der Waals surface area contributed by atoms with Crippen LogP contribution in [0.15, 0.2) is 0 Å². The molecule has 1 aliphatic heterocycles. The molecule has 7 heavy (non-hydrogen) atoms.